The molecule has 26 heavy (non-hydrogen) atoms. The number of hydrogen-bond donors (Lipinski definition) is 1. The molecule has 0 aliphatic carbocycles. The van der Waals surface area contributed by atoms with E-state index in [0.29, 0.717) is 10.2 Å². The summed E-state index contributed by atoms with van der Waals surface area (Å²) >= 11 is 1.22. The van der Waals surface area contributed by atoms with Gasteiger partial charge in [-0.05, 0) is 30.5 Å². The van der Waals surface area contributed by atoms with E-state index in [0.717, 1.165) is 10.6 Å². The normalized spacial score (nSPS) is 10.9. The van der Waals surface area contributed by atoms with Crippen LogP contribution in [-0.4, -0.2) is 22.2 Å². The number of methoxy groups -OCH3 is 1. The van der Waals surface area contributed by atoms with Gasteiger partial charge in [-0.1, -0.05) is 0 Å². The second-order valence-electron chi connectivity index (χ2n) is 5.45. The number of thiophene rings is 1. The highest BCUT2D eigenvalue weighted by atomic mass is 32.1. The first-order valence-corrected chi connectivity index (χ1v) is 8.68. The van der Waals surface area contributed by atoms with Gasteiger partial charge in [0.25, 0.3) is 5.56 Å². The molecular weight excluding hydrogens is 361 g/mol. The Morgan fingerprint density at radius 2 is 2.04 bits per heavy atom. The molecular formula is C17H16FN3O4S. The molecule has 0 saturated carbocycles. The van der Waals surface area contributed by atoms with Crippen LogP contribution in [0.2, 0.25) is 0 Å². The molecule has 2 aromatic heterocycles. The van der Waals surface area contributed by atoms with Crippen molar-refractivity contribution in [2.24, 2.45) is 0 Å². The minimum atomic E-state index is -0.609. The number of hydrogen-bond acceptors (Lipinski definition) is 5. The van der Waals surface area contributed by atoms with Gasteiger partial charge in [-0.2, -0.15) is 0 Å². The van der Waals surface area contributed by atoms with Crippen molar-refractivity contribution < 1.29 is 13.9 Å². The van der Waals surface area contributed by atoms with Crippen molar-refractivity contribution in [2.45, 2.75) is 20.0 Å². The molecule has 3 aromatic rings. The fourth-order valence-corrected chi connectivity index (χ4v) is 3.50. The largest absolute Gasteiger partial charge is 0.494 e. The minimum Gasteiger partial charge on any atom is -0.494 e. The fourth-order valence-electron chi connectivity index (χ4n) is 2.65. The second-order valence-corrected chi connectivity index (χ2v) is 6.37. The molecule has 0 bridgehead atoms. The number of benzene rings is 1. The summed E-state index contributed by atoms with van der Waals surface area (Å²) < 4.78 is 21.3. The van der Waals surface area contributed by atoms with E-state index in [9.17, 15) is 18.8 Å². The van der Waals surface area contributed by atoms with Crippen LogP contribution in [0, 0.1) is 5.82 Å². The van der Waals surface area contributed by atoms with E-state index in [1.807, 2.05) is 0 Å². The number of ether oxygens (including phenoxy) is 1. The zero-order valence-electron chi connectivity index (χ0n) is 14.1. The Hall–Kier alpha value is -2.94. The van der Waals surface area contributed by atoms with E-state index in [4.69, 9.17) is 4.74 Å². The van der Waals surface area contributed by atoms with Gasteiger partial charge in [0.2, 0.25) is 5.91 Å². The van der Waals surface area contributed by atoms with Crippen LogP contribution in [0.1, 0.15) is 6.92 Å². The number of fused-ring (bicyclic) bond motifs is 1. The Kier molecular flexibility index (Phi) is 4.90. The van der Waals surface area contributed by atoms with E-state index >= 15 is 0 Å². The third-order valence-corrected chi connectivity index (χ3v) is 4.78. The number of halogens is 1. The molecule has 0 atom stereocenters. The molecule has 0 aliphatic rings. The van der Waals surface area contributed by atoms with Crippen LogP contribution in [0.15, 0.2) is 39.2 Å². The predicted octanol–water partition coefficient (Wildman–Crippen LogP) is 2.03. The van der Waals surface area contributed by atoms with Crippen molar-refractivity contribution in [3.63, 3.8) is 0 Å². The van der Waals surface area contributed by atoms with Gasteiger partial charge in [-0.15, -0.1) is 11.3 Å². The van der Waals surface area contributed by atoms with Crippen LogP contribution in [0.3, 0.4) is 0 Å². The van der Waals surface area contributed by atoms with Gasteiger partial charge in [-0.3, -0.25) is 18.7 Å². The lowest BCUT2D eigenvalue weighted by Gasteiger charge is -2.12. The predicted molar refractivity (Wildman–Crippen MR) is 97.6 cm³/mol. The molecule has 136 valence electrons. The number of rotatable bonds is 5. The lowest BCUT2D eigenvalue weighted by Crippen LogP contribution is -2.40. The molecule has 1 aromatic carbocycles. The highest BCUT2D eigenvalue weighted by Gasteiger charge is 2.16. The molecule has 1 N–H and O–H groups in total. The number of carbonyl (C=O) groups is 1. The summed E-state index contributed by atoms with van der Waals surface area (Å²) in [5, 5.41) is 4.23. The second kappa shape index (κ2) is 7.12. The summed E-state index contributed by atoms with van der Waals surface area (Å²) in [5.74, 6) is -1.05. The Morgan fingerprint density at radius 3 is 2.69 bits per heavy atom. The van der Waals surface area contributed by atoms with E-state index in [-0.39, 0.29) is 30.1 Å². The standard InChI is InChI=1S/C17H16FN3O4S/c1-3-20-16(23)15-12(6-7-26-15)21(17(20)24)9-14(22)19-10-4-5-13(25-2)11(18)8-10/h4-8H,3,9H2,1-2H3,(H,19,22). The van der Waals surface area contributed by atoms with E-state index in [1.165, 1.54) is 35.1 Å². The number of amides is 1. The van der Waals surface area contributed by atoms with Crippen molar-refractivity contribution in [1.82, 2.24) is 9.13 Å². The van der Waals surface area contributed by atoms with Gasteiger partial charge in [0.05, 0.1) is 12.6 Å². The maximum Gasteiger partial charge on any atom is 0.331 e. The van der Waals surface area contributed by atoms with Gasteiger partial charge in [0.15, 0.2) is 11.6 Å². The van der Waals surface area contributed by atoms with Gasteiger partial charge in [0, 0.05) is 18.3 Å². The van der Waals surface area contributed by atoms with E-state index < -0.39 is 17.4 Å². The first kappa shape index (κ1) is 17.9. The molecule has 0 saturated heterocycles. The van der Waals surface area contributed by atoms with Crippen molar-refractivity contribution in [2.75, 3.05) is 12.4 Å². The molecule has 0 fully saturated rings. The Balaban J connectivity index is 1.93. The quantitative estimate of drug-likeness (QED) is 0.738. The molecule has 3 rings (SSSR count). The monoisotopic (exact) mass is 377 g/mol. The number of nitrogens with zero attached hydrogens (tertiary/aromatic N) is 2. The van der Waals surface area contributed by atoms with Crippen LogP contribution in [-0.2, 0) is 17.9 Å². The SMILES string of the molecule is CCn1c(=O)c2sccc2n(CC(=O)Nc2ccc(OC)c(F)c2)c1=O. The molecule has 0 aliphatic heterocycles. The summed E-state index contributed by atoms with van der Waals surface area (Å²) in [7, 11) is 1.35. The third kappa shape index (κ3) is 3.13. The number of carbonyl (C=O) groups excluding carboxylic acids is 1. The van der Waals surface area contributed by atoms with Crippen LogP contribution in [0.5, 0.6) is 5.75 Å². The third-order valence-electron chi connectivity index (χ3n) is 3.89. The average molecular weight is 377 g/mol. The molecule has 9 heteroatoms. The molecule has 7 nitrogen and oxygen atoms in total. The van der Waals surface area contributed by atoms with Crippen LogP contribution >= 0.6 is 11.3 Å². The smallest absolute Gasteiger partial charge is 0.331 e. The van der Waals surface area contributed by atoms with Crippen LogP contribution < -0.4 is 21.3 Å². The average Bonchev–Trinajstić information content (AvgIpc) is 3.09. The molecule has 2 heterocycles. The van der Waals surface area contributed by atoms with Gasteiger partial charge in [0.1, 0.15) is 11.2 Å². The van der Waals surface area contributed by atoms with Crippen LogP contribution in [0.4, 0.5) is 10.1 Å². The highest BCUT2D eigenvalue weighted by Crippen LogP contribution is 2.21. The van der Waals surface area contributed by atoms with Crippen LogP contribution in [0.25, 0.3) is 10.2 Å². The van der Waals surface area contributed by atoms with Crippen molar-refractivity contribution in [1.29, 1.82) is 0 Å². The summed E-state index contributed by atoms with van der Waals surface area (Å²) in [6.45, 7) is 1.60. The fraction of sp³-hybridized carbons (Fsp3) is 0.235. The Labute approximate surface area is 151 Å². The molecule has 1 amide bonds. The summed E-state index contributed by atoms with van der Waals surface area (Å²) in [4.78, 5) is 37.1. The van der Waals surface area contributed by atoms with Gasteiger partial charge >= 0.3 is 5.69 Å². The maximum absolute atomic E-state index is 13.7. The zero-order valence-corrected chi connectivity index (χ0v) is 14.9. The maximum atomic E-state index is 13.7. The lowest BCUT2D eigenvalue weighted by atomic mass is 10.3. The number of nitrogens with one attached hydrogen (secondary N) is 1. The molecule has 0 spiro atoms. The van der Waals surface area contributed by atoms with Crippen molar-refractivity contribution in [3.05, 3.63) is 56.3 Å². The number of anilines is 1. The van der Waals surface area contributed by atoms with Gasteiger partial charge < -0.3 is 10.1 Å². The Morgan fingerprint density at radius 1 is 1.27 bits per heavy atom. The minimum absolute atomic E-state index is 0.0641. The summed E-state index contributed by atoms with van der Waals surface area (Å²) in [5.41, 5.74) is -0.270. The molecule has 0 radical (unpaired) electrons. The number of aromatic nitrogens is 2. The lowest BCUT2D eigenvalue weighted by molar-refractivity contribution is -0.116. The first-order valence-electron chi connectivity index (χ1n) is 7.80. The Bertz CT molecular complexity index is 1100. The highest BCUT2D eigenvalue weighted by molar-refractivity contribution is 7.17. The summed E-state index contributed by atoms with van der Waals surface area (Å²) in [6.07, 6.45) is 0. The first-order chi connectivity index (χ1) is 12.5. The van der Waals surface area contributed by atoms with Crippen molar-refractivity contribution in [3.8, 4) is 5.75 Å². The topological polar surface area (TPSA) is 82.3 Å². The van der Waals surface area contributed by atoms with E-state index in [2.05, 4.69) is 5.32 Å². The molecule has 0 unspecified atom stereocenters. The van der Waals surface area contributed by atoms with Crippen molar-refractivity contribution >= 4 is 33.1 Å². The van der Waals surface area contributed by atoms with Gasteiger partial charge in [-0.25, -0.2) is 9.18 Å². The van der Waals surface area contributed by atoms with E-state index in [1.54, 1.807) is 18.4 Å². The summed E-state index contributed by atoms with van der Waals surface area (Å²) in [6, 6.07) is 5.65. The zero-order chi connectivity index (χ0) is 18.8.